The van der Waals surface area contributed by atoms with Gasteiger partial charge in [0.25, 0.3) is 0 Å². The molecule has 5 heteroatoms. The van der Waals surface area contributed by atoms with Crippen molar-refractivity contribution in [2.24, 2.45) is 5.92 Å². The monoisotopic (exact) mass is 332 g/mol. The van der Waals surface area contributed by atoms with Gasteiger partial charge >= 0.3 is 0 Å². The Hall–Kier alpha value is -1.59. The first-order chi connectivity index (χ1) is 11.8. The molecular weight excluding hydrogens is 304 g/mol. The van der Waals surface area contributed by atoms with E-state index in [9.17, 15) is 4.79 Å². The molecule has 1 aromatic rings. The van der Waals surface area contributed by atoms with Crippen LogP contribution in [0.1, 0.15) is 32.1 Å². The van der Waals surface area contributed by atoms with E-state index in [1.54, 1.807) is 7.11 Å². The fourth-order valence-electron chi connectivity index (χ4n) is 3.65. The number of nitrogens with zero attached hydrogens (tertiary/aromatic N) is 1. The number of hydrogen-bond donors (Lipinski definition) is 1. The number of nitrogens with one attached hydrogen (secondary N) is 1. The second-order valence-electron chi connectivity index (χ2n) is 6.71. The van der Waals surface area contributed by atoms with Crippen LogP contribution < -0.4 is 10.2 Å². The Morgan fingerprint density at radius 3 is 2.92 bits per heavy atom. The summed E-state index contributed by atoms with van der Waals surface area (Å²) in [5, 5.41) is 3.63. The van der Waals surface area contributed by atoms with Crippen molar-refractivity contribution in [2.75, 3.05) is 43.7 Å². The summed E-state index contributed by atoms with van der Waals surface area (Å²) in [5.74, 6) is 0.787. The van der Waals surface area contributed by atoms with Gasteiger partial charge < -0.3 is 19.7 Å². The Balaban J connectivity index is 1.70. The van der Waals surface area contributed by atoms with Crippen LogP contribution in [0.5, 0.6) is 0 Å². The Morgan fingerprint density at radius 2 is 2.17 bits per heavy atom. The van der Waals surface area contributed by atoms with Gasteiger partial charge in [-0.05, 0) is 49.8 Å². The molecule has 3 rings (SSSR count). The molecule has 2 fully saturated rings. The minimum atomic E-state index is 0.233. The minimum Gasteiger partial charge on any atom is -0.383 e. The van der Waals surface area contributed by atoms with Gasteiger partial charge in [0, 0.05) is 44.7 Å². The number of anilines is 2. The minimum absolute atomic E-state index is 0.233. The molecule has 0 aromatic heterocycles. The Morgan fingerprint density at radius 1 is 1.33 bits per heavy atom. The van der Waals surface area contributed by atoms with Gasteiger partial charge in [-0.3, -0.25) is 4.79 Å². The van der Waals surface area contributed by atoms with Crippen molar-refractivity contribution in [3.63, 3.8) is 0 Å². The van der Waals surface area contributed by atoms with Crippen molar-refractivity contribution in [2.45, 2.75) is 38.1 Å². The molecule has 2 saturated heterocycles. The maximum Gasteiger partial charge on any atom is 0.226 e. The number of amides is 1. The highest BCUT2D eigenvalue weighted by molar-refractivity contribution is 5.94. The molecule has 132 valence electrons. The van der Waals surface area contributed by atoms with E-state index < -0.39 is 0 Å². The summed E-state index contributed by atoms with van der Waals surface area (Å²) < 4.78 is 10.9. The second kappa shape index (κ2) is 8.49. The summed E-state index contributed by atoms with van der Waals surface area (Å²) >= 11 is 0. The topological polar surface area (TPSA) is 50.8 Å². The van der Waals surface area contributed by atoms with Crippen molar-refractivity contribution >= 4 is 17.3 Å². The van der Waals surface area contributed by atoms with E-state index in [1.807, 2.05) is 17.0 Å². The predicted molar refractivity (Wildman–Crippen MR) is 95.5 cm³/mol. The number of hydrogen-bond acceptors (Lipinski definition) is 4. The van der Waals surface area contributed by atoms with Gasteiger partial charge in [0.2, 0.25) is 5.91 Å². The SMILES string of the molecule is COCC(Nc1cccc(N2CCCCC2=O)c1)C1CCOCC1. The van der Waals surface area contributed by atoms with E-state index in [4.69, 9.17) is 9.47 Å². The zero-order valence-corrected chi connectivity index (χ0v) is 14.5. The third kappa shape index (κ3) is 4.28. The quantitative estimate of drug-likeness (QED) is 0.870. The largest absolute Gasteiger partial charge is 0.383 e. The first kappa shape index (κ1) is 17.2. The molecule has 0 saturated carbocycles. The summed E-state index contributed by atoms with van der Waals surface area (Å²) in [5.41, 5.74) is 2.05. The van der Waals surface area contributed by atoms with Crippen LogP contribution in [-0.4, -0.2) is 45.4 Å². The average molecular weight is 332 g/mol. The molecule has 2 aliphatic heterocycles. The van der Waals surface area contributed by atoms with Gasteiger partial charge in [0.05, 0.1) is 12.6 Å². The molecule has 2 aliphatic rings. The molecule has 1 aromatic carbocycles. The number of piperidine rings is 1. The lowest BCUT2D eigenvalue weighted by Crippen LogP contribution is -2.37. The molecule has 1 atom stereocenters. The molecule has 0 spiro atoms. The molecular formula is C19H28N2O3. The summed E-state index contributed by atoms with van der Waals surface area (Å²) in [4.78, 5) is 14.1. The van der Waals surface area contributed by atoms with Crippen LogP contribution in [0.2, 0.25) is 0 Å². The standard InChI is InChI=1S/C19H28N2O3/c1-23-14-18(15-8-11-24-12-9-15)20-16-5-4-6-17(13-16)21-10-3-2-7-19(21)22/h4-6,13,15,18,20H,2-3,7-12,14H2,1H3. The van der Waals surface area contributed by atoms with Crippen LogP contribution in [-0.2, 0) is 14.3 Å². The highest BCUT2D eigenvalue weighted by Crippen LogP contribution is 2.27. The Labute approximate surface area is 144 Å². The van der Waals surface area contributed by atoms with Crippen LogP contribution >= 0.6 is 0 Å². The number of ether oxygens (including phenoxy) is 2. The first-order valence-corrected chi connectivity index (χ1v) is 9.01. The molecule has 1 N–H and O–H groups in total. The van der Waals surface area contributed by atoms with Gasteiger partial charge in [0.1, 0.15) is 0 Å². The maximum absolute atomic E-state index is 12.1. The third-order valence-electron chi connectivity index (χ3n) is 5.01. The van der Waals surface area contributed by atoms with Gasteiger partial charge in [0.15, 0.2) is 0 Å². The number of carbonyl (C=O) groups excluding carboxylic acids is 1. The zero-order valence-electron chi connectivity index (χ0n) is 14.5. The maximum atomic E-state index is 12.1. The third-order valence-corrected chi connectivity index (χ3v) is 5.01. The van der Waals surface area contributed by atoms with E-state index in [-0.39, 0.29) is 11.9 Å². The van der Waals surface area contributed by atoms with Crippen LogP contribution in [0.4, 0.5) is 11.4 Å². The smallest absolute Gasteiger partial charge is 0.226 e. The lowest BCUT2D eigenvalue weighted by Gasteiger charge is -2.32. The van der Waals surface area contributed by atoms with Gasteiger partial charge in [-0.1, -0.05) is 6.07 Å². The van der Waals surface area contributed by atoms with Crippen molar-refractivity contribution in [1.82, 2.24) is 0 Å². The molecule has 0 bridgehead atoms. The normalized spacial score (nSPS) is 20.9. The van der Waals surface area contributed by atoms with Crippen LogP contribution in [0, 0.1) is 5.92 Å². The highest BCUT2D eigenvalue weighted by atomic mass is 16.5. The lowest BCUT2D eigenvalue weighted by molar-refractivity contribution is -0.119. The summed E-state index contributed by atoms with van der Waals surface area (Å²) in [6, 6.07) is 8.47. The predicted octanol–water partition coefficient (Wildman–Crippen LogP) is 3.06. The first-order valence-electron chi connectivity index (χ1n) is 9.01. The molecule has 5 nitrogen and oxygen atoms in total. The molecule has 1 amide bonds. The van der Waals surface area contributed by atoms with Crippen molar-refractivity contribution in [3.05, 3.63) is 24.3 Å². The molecule has 0 aliphatic carbocycles. The van der Waals surface area contributed by atoms with Crippen molar-refractivity contribution in [1.29, 1.82) is 0 Å². The lowest BCUT2D eigenvalue weighted by atomic mass is 9.92. The highest BCUT2D eigenvalue weighted by Gasteiger charge is 2.25. The van der Waals surface area contributed by atoms with Crippen LogP contribution in [0.25, 0.3) is 0 Å². The molecule has 24 heavy (non-hydrogen) atoms. The van der Waals surface area contributed by atoms with Gasteiger partial charge in [-0.25, -0.2) is 0 Å². The van der Waals surface area contributed by atoms with E-state index in [0.29, 0.717) is 18.9 Å². The van der Waals surface area contributed by atoms with E-state index in [1.165, 1.54) is 0 Å². The summed E-state index contributed by atoms with van der Waals surface area (Å²) in [7, 11) is 1.75. The summed E-state index contributed by atoms with van der Waals surface area (Å²) in [6.07, 6.45) is 4.87. The Kier molecular flexibility index (Phi) is 6.10. The number of benzene rings is 1. The van der Waals surface area contributed by atoms with Crippen molar-refractivity contribution < 1.29 is 14.3 Å². The fraction of sp³-hybridized carbons (Fsp3) is 0.632. The van der Waals surface area contributed by atoms with Crippen molar-refractivity contribution in [3.8, 4) is 0 Å². The fourth-order valence-corrected chi connectivity index (χ4v) is 3.65. The van der Waals surface area contributed by atoms with Gasteiger partial charge in [-0.15, -0.1) is 0 Å². The Bertz CT molecular complexity index is 543. The van der Waals surface area contributed by atoms with Gasteiger partial charge in [-0.2, -0.15) is 0 Å². The molecule has 1 unspecified atom stereocenters. The second-order valence-corrected chi connectivity index (χ2v) is 6.71. The average Bonchev–Trinajstić information content (AvgIpc) is 2.63. The van der Waals surface area contributed by atoms with E-state index in [2.05, 4.69) is 17.4 Å². The number of rotatable bonds is 6. The number of methoxy groups -OCH3 is 1. The molecule has 2 heterocycles. The molecule has 0 radical (unpaired) electrons. The number of carbonyl (C=O) groups is 1. The van der Waals surface area contributed by atoms with E-state index in [0.717, 1.165) is 56.8 Å². The van der Waals surface area contributed by atoms with Crippen LogP contribution in [0.15, 0.2) is 24.3 Å². The van der Waals surface area contributed by atoms with E-state index >= 15 is 0 Å². The zero-order chi connectivity index (χ0) is 16.8. The summed E-state index contributed by atoms with van der Waals surface area (Å²) in [6.45, 7) is 3.16. The van der Waals surface area contributed by atoms with Crippen LogP contribution in [0.3, 0.4) is 0 Å².